The molecule has 0 atom stereocenters. The highest BCUT2D eigenvalue weighted by molar-refractivity contribution is 14.1. The fourth-order valence-electron chi connectivity index (χ4n) is 2.64. The molecule has 18 heavy (non-hydrogen) atoms. The summed E-state index contributed by atoms with van der Waals surface area (Å²) < 4.78 is 1.02. The van der Waals surface area contributed by atoms with E-state index in [0.29, 0.717) is 0 Å². The third-order valence-corrected chi connectivity index (χ3v) is 3.82. The lowest BCUT2D eigenvalue weighted by molar-refractivity contribution is 1.60. The molecule has 0 aliphatic heterocycles. The van der Waals surface area contributed by atoms with Crippen molar-refractivity contribution in [3.05, 3.63) is 71.8 Å². The Morgan fingerprint density at radius 3 is 2.39 bits per heavy atom. The normalized spacial score (nSPS) is 14.4. The van der Waals surface area contributed by atoms with Crippen molar-refractivity contribution in [2.45, 2.75) is 0 Å². The Hall–Kier alpha value is -1.35. The smallest absolute Gasteiger partial charge is 0.0185 e. The number of halogens is 1. The van der Waals surface area contributed by atoms with Gasteiger partial charge in [0.25, 0.3) is 0 Å². The monoisotopic (exact) mass is 344 g/mol. The number of hydrogen-bond acceptors (Lipinski definition) is 0. The molecule has 2 aromatic rings. The second-order valence-electron chi connectivity index (χ2n) is 4.29. The van der Waals surface area contributed by atoms with Crippen LogP contribution in [0.15, 0.2) is 55.1 Å². The van der Waals surface area contributed by atoms with Gasteiger partial charge in [0.05, 0.1) is 0 Å². The number of benzene rings is 2. The molecule has 0 amide bonds. The Morgan fingerprint density at radius 2 is 1.67 bits per heavy atom. The summed E-state index contributed by atoms with van der Waals surface area (Å²) in [5.41, 5.74) is 7.93. The Labute approximate surface area is 121 Å². The minimum atomic E-state index is 1.02. The van der Waals surface area contributed by atoms with Crippen molar-refractivity contribution in [3.63, 3.8) is 0 Å². The van der Waals surface area contributed by atoms with E-state index in [1.807, 2.05) is 6.08 Å². The van der Waals surface area contributed by atoms with Crippen LogP contribution in [0, 0.1) is 0 Å². The second kappa shape index (κ2) is 4.73. The SMILES string of the molecule is C=Cc1cccc2c1/C(=C\CI)c1ccccc1-2. The molecule has 0 nitrogen and oxygen atoms in total. The number of fused-ring (bicyclic) bond motifs is 3. The molecule has 0 aromatic heterocycles. The van der Waals surface area contributed by atoms with Crippen LogP contribution in [0.5, 0.6) is 0 Å². The minimum Gasteiger partial charge on any atom is -0.0984 e. The van der Waals surface area contributed by atoms with Crippen molar-refractivity contribution in [3.8, 4) is 11.1 Å². The molecule has 0 fully saturated rings. The average Bonchev–Trinajstić information content (AvgIpc) is 2.74. The van der Waals surface area contributed by atoms with E-state index in [-0.39, 0.29) is 0 Å². The average molecular weight is 344 g/mol. The Kier molecular flexibility index (Phi) is 3.08. The first-order valence-corrected chi connectivity index (χ1v) is 7.51. The van der Waals surface area contributed by atoms with E-state index in [1.165, 1.54) is 33.4 Å². The number of allylic oxidation sites excluding steroid dienone is 1. The molecule has 88 valence electrons. The van der Waals surface area contributed by atoms with E-state index >= 15 is 0 Å². The molecule has 0 spiro atoms. The summed E-state index contributed by atoms with van der Waals surface area (Å²) in [7, 11) is 0. The fourth-order valence-corrected chi connectivity index (χ4v) is 3.08. The van der Waals surface area contributed by atoms with Gasteiger partial charge in [0.15, 0.2) is 0 Å². The van der Waals surface area contributed by atoms with E-state index in [4.69, 9.17) is 0 Å². The zero-order valence-electron chi connectivity index (χ0n) is 9.99. The van der Waals surface area contributed by atoms with E-state index in [1.54, 1.807) is 0 Å². The van der Waals surface area contributed by atoms with Gasteiger partial charge < -0.3 is 0 Å². The Morgan fingerprint density at radius 1 is 0.944 bits per heavy atom. The lowest BCUT2D eigenvalue weighted by Gasteiger charge is -2.06. The molecule has 3 rings (SSSR count). The first kappa shape index (κ1) is 11.7. The predicted octanol–water partition coefficient (Wildman–Crippen LogP) is 5.18. The molecule has 2 aromatic carbocycles. The maximum absolute atomic E-state index is 3.94. The van der Waals surface area contributed by atoms with Gasteiger partial charge >= 0.3 is 0 Å². The first-order valence-electron chi connectivity index (χ1n) is 5.98. The highest BCUT2D eigenvalue weighted by atomic mass is 127. The molecule has 0 radical (unpaired) electrons. The molecule has 0 saturated carbocycles. The summed E-state index contributed by atoms with van der Waals surface area (Å²) in [6.07, 6.45) is 4.25. The van der Waals surface area contributed by atoms with Crippen LogP contribution < -0.4 is 0 Å². The van der Waals surface area contributed by atoms with Crippen LogP contribution >= 0.6 is 22.6 Å². The van der Waals surface area contributed by atoms with Crippen LogP contribution in [0.1, 0.15) is 16.7 Å². The number of alkyl halides is 1. The first-order chi connectivity index (χ1) is 8.86. The van der Waals surface area contributed by atoms with Gasteiger partial charge in [-0.1, -0.05) is 83.8 Å². The van der Waals surface area contributed by atoms with Gasteiger partial charge in [0, 0.05) is 4.43 Å². The highest BCUT2D eigenvalue weighted by Crippen LogP contribution is 2.45. The van der Waals surface area contributed by atoms with Gasteiger partial charge in [0.2, 0.25) is 0 Å². The molecular formula is C17H13I. The third-order valence-electron chi connectivity index (χ3n) is 3.37. The van der Waals surface area contributed by atoms with Crippen molar-refractivity contribution in [1.29, 1.82) is 0 Å². The number of hydrogen-bond donors (Lipinski definition) is 0. The Balaban J connectivity index is 2.39. The summed E-state index contributed by atoms with van der Waals surface area (Å²) in [6, 6.07) is 15.1. The van der Waals surface area contributed by atoms with E-state index in [0.717, 1.165) is 4.43 Å². The minimum absolute atomic E-state index is 1.02. The predicted molar refractivity (Wildman–Crippen MR) is 87.9 cm³/mol. The molecule has 0 saturated heterocycles. The summed E-state index contributed by atoms with van der Waals surface area (Å²) in [6.45, 7) is 3.94. The van der Waals surface area contributed by atoms with Crippen molar-refractivity contribution in [2.75, 3.05) is 4.43 Å². The van der Waals surface area contributed by atoms with Gasteiger partial charge in [-0.25, -0.2) is 0 Å². The van der Waals surface area contributed by atoms with Crippen LogP contribution in [0.3, 0.4) is 0 Å². The van der Waals surface area contributed by atoms with Crippen molar-refractivity contribution in [2.24, 2.45) is 0 Å². The van der Waals surface area contributed by atoms with Crippen LogP contribution in [0.25, 0.3) is 22.8 Å². The van der Waals surface area contributed by atoms with Gasteiger partial charge in [-0.05, 0) is 33.4 Å². The molecule has 0 N–H and O–H groups in total. The van der Waals surface area contributed by atoms with E-state index in [9.17, 15) is 0 Å². The molecule has 0 unspecified atom stereocenters. The second-order valence-corrected chi connectivity index (χ2v) is 5.17. The van der Waals surface area contributed by atoms with Crippen LogP contribution in [0.4, 0.5) is 0 Å². The zero-order valence-corrected chi connectivity index (χ0v) is 12.1. The van der Waals surface area contributed by atoms with Gasteiger partial charge in [0.1, 0.15) is 0 Å². The lowest BCUT2D eigenvalue weighted by Crippen LogP contribution is -1.86. The van der Waals surface area contributed by atoms with E-state index < -0.39 is 0 Å². The summed E-state index contributed by atoms with van der Waals surface area (Å²) in [5.74, 6) is 0. The van der Waals surface area contributed by atoms with Gasteiger partial charge in [-0.2, -0.15) is 0 Å². The van der Waals surface area contributed by atoms with Gasteiger partial charge in [-0.3, -0.25) is 0 Å². The topological polar surface area (TPSA) is 0 Å². The zero-order chi connectivity index (χ0) is 12.5. The Bertz CT molecular complexity index is 650. The molecule has 0 bridgehead atoms. The van der Waals surface area contributed by atoms with Crippen molar-refractivity contribution < 1.29 is 0 Å². The van der Waals surface area contributed by atoms with Crippen LogP contribution in [-0.4, -0.2) is 4.43 Å². The van der Waals surface area contributed by atoms with Crippen LogP contribution in [0.2, 0.25) is 0 Å². The highest BCUT2D eigenvalue weighted by Gasteiger charge is 2.23. The largest absolute Gasteiger partial charge is 0.0984 e. The third kappa shape index (κ3) is 1.65. The van der Waals surface area contributed by atoms with Crippen molar-refractivity contribution in [1.82, 2.24) is 0 Å². The maximum atomic E-state index is 3.94. The van der Waals surface area contributed by atoms with E-state index in [2.05, 4.69) is 77.7 Å². The summed E-state index contributed by atoms with van der Waals surface area (Å²) >= 11 is 2.40. The quantitative estimate of drug-likeness (QED) is 0.444. The lowest BCUT2D eigenvalue weighted by atomic mass is 9.98. The molecule has 0 heterocycles. The molecule has 1 aliphatic rings. The maximum Gasteiger partial charge on any atom is 0.0185 e. The molecule has 1 aliphatic carbocycles. The van der Waals surface area contributed by atoms with Crippen LogP contribution in [-0.2, 0) is 0 Å². The molecule has 1 heteroatoms. The number of rotatable bonds is 2. The van der Waals surface area contributed by atoms with Crippen molar-refractivity contribution >= 4 is 34.2 Å². The summed E-state index contributed by atoms with van der Waals surface area (Å²) in [5, 5.41) is 0. The van der Waals surface area contributed by atoms with Gasteiger partial charge in [-0.15, -0.1) is 0 Å². The standard InChI is InChI=1S/C17H13I/c1-2-12-6-5-9-15-13-7-3-4-8-14(13)16(10-11-18)17(12)15/h2-10H,1,11H2/b16-10-. The summed E-state index contributed by atoms with van der Waals surface area (Å²) in [4.78, 5) is 0. The molecular weight excluding hydrogens is 331 g/mol. The fraction of sp³-hybridized carbons (Fsp3) is 0.0588.